The Hall–Kier alpha value is -1.80. The fourth-order valence-electron chi connectivity index (χ4n) is 2.58. The van der Waals surface area contributed by atoms with E-state index in [4.69, 9.17) is 4.52 Å². The number of hydrogen-bond donors (Lipinski definition) is 1. The molecule has 1 saturated heterocycles. The third-order valence-electron chi connectivity index (χ3n) is 3.78. The normalized spacial score (nSPS) is 15.9. The fourth-order valence-corrected chi connectivity index (χ4v) is 3.59. The lowest BCUT2D eigenvalue weighted by Gasteiger charge is -2.26. The monoisotopic (exact) mass is 341 g/mol. The molecule has 0 saturated carbocycles. The Labute approximate surface area is 136 Å². The van der Waals surface area contributed by atoms with Crippen LogP contribution >= 0.6 is 11.3 Å². The molecular formula is C15H17F2N3O2S. The Morgan fingerprint density at radius 1 is 1.39 bits per heavy atom. The Morgan fingerprint density at radius 2 is 2.09 bits per heavy atom. The van der Waals surface area contributed by atoms with Crippen LogP contribution in [0.1, 0.15) is 27.9 Å². The molecular weight excluding hydrogens is 324 g/mol. The summed E-state index contributed by atoms with van der Waals surface area (Å²) in [7, 11) is 0. The molecule has 5 nitrogen and oxygen atoms in total. The molecule has 0 aliphatic carbocycles. The molecule has 0 bridgehead atoms. The first-order valence-electron chi connectivity index (χ1n) is 7.32. The average Bonchev–Trinajstić information content (AvgIpc) is 3.13. The standard InChI is InChI=1S/C15H17F2N3O2S/c1-9-12(19-22-13(9)15(2,16)17)10-3-4-11(23-10)14(21)20-7-5-18-6-8-20/h3-4,18H,5-8H2,1-2H3. The zero-order chi connectivity index (χ0) is 16.6. The molecule has 0 atom stereocenters. The Bertz CT molecular complexity index is 715. The van der Waals surface area contributed by atoms with Crippen molar-refractivity contribution in [2.75, 3.05) is 26.2 Å². The highest BCUT2D eigenvalue weighted by Crippen LogP contribution is 2.37. The number of amides is 1. The fraction of sp³-hybridized carbons (Fsp3) is 0.467. The van der Waals surface area contributed by atoms with Crippen LogP contribution in [0, 0.1) is 6.92 Å². The first-order valence-corrected chi connectivity index (χ1v) is 8.14. The van der Waals surface area contributed by atoms with Crippen molar-refractivity contribution in [3.8, 4) is 10.6 Å². The van der Waals surface area contributed by atoms with Gasteiger partial charge in [0.05, 0.1) is 9.75 Å². The van der Waals surface area contributed by atoms with Crippen molar-refractivity contribution in [3.05, 3.63) is 28.3 Å². The van der Waals surface area contributed by atoms with Gasteiger partial charge >= 0.3 is 5.92 Å². The molecule has 23 heavy (non-hydrogen) atoms. The third kappa shape index (κ3) is 3.13. The third-order valence-corrected chi connectivity index (χ3v) is 4.86. The van der Waals surface area contributed by atoms with Crippen LogP contribution in [0.15, 0.2) is 16.7 Å². The van der Waals surface area contributed by atoms with Crippen molar-refractivity contribution in [3.63, 3.8) is 0 Å². The van der Waals surface area contributed by atoms with E-state index in [9.17, 15) is 13.6 Å². The van der Waals surface area contributed by atoms with Gasteiger partial charge in [-0.1, -0.05) is 5.16 Å². The number of nitrogens with one attached hydrogen (secondary N) is 1. The van der Waals surface area contributed by atoms with Crippen LogP contribution in [0.2, 0.25) is 0 Å². The molecule has 1 fully saturated rings. The summed E-state index contributed by atoms with van der Waals surface area (Å²) in [6.07, 6.45) is 0. The van der Waals surface area contributed by atoms with E-state index in [-0.39, 0.29) is 5.91 Å². The van der Waals surface area contributed by atoms with E-state index in [2.05, 4.69) is 10.5 Å². The number of nitrogens with zero attached hydrogens (tertiary/aromatic N) is 2. The first kappa shape index (κ1) is 16.1. The summed E-state index contributed by atoms with van der Waals surface area (Å²) in [5.41, 5.74) is 0.673. The van der Waals surface area contributed by atoms with Crippen LogP contribution in [0.3, 0.4) is 0 Å². The smallest absolute Gasteiger partial charge is 0.304 e. The van der Waals surface area contributed by atoms with Gasteiger partial charge in [0.15, 0.2) is 0 Å². The number of rotatable bonds is 3. The highest BCUT2D eigenvalue weighted by atomic mass is 32.1. The Morgan fingerprint density at radius 3 is 2.70 bits per heavy atom. The van der Waals surface area contributed by atoms with Crippen LogP contribution in [0.5, 0.6) is 0 Å². The van der Waals surface area contributed by atoms with E-state index in [1.165, 1.54) is 11.3 Å². The number of carbonyl (C=O) groups is 1. The predicted molar refractivity (Wildman–Crippen MR) is 82.9 cm³/mol. The Kier molecular flexibility index (Phi) is 4.20. The molecule has 8 heteroatoms. The number of alkyl halides is 2. The quantitative estimate of drug-likeness (QED) is 0.933. The van der Waals surface area contributed by atoms with Gasteiger partial charge in [-0.15, -0.1) is 11.3 Å². The molecule has 3 heterocycles. The molecule has 0 unspecified atom stereocenters. The van der Waals surface area contributed by atoms with Gasteiger partial charge < -0.3 is 14.7 Å². The van der Waals surface area contributed by atoms with Gasteiger partial charge in [0.2, 0.25) is 5.76 Å². The summed E-state index contributed by atoms with van der Waals surface area (Å²) >= 11 is 1.25. The lowest BCUT2D eigenvalue weighted by atomic mass is 10.1. The summed E-state index contributed by atoms with van der Waals surface area (Å²) in [5, 5.41) is 6.95. The number of thiophene rings is 1. The minimum atomic E-state index is -3.08. The van der Waals surface area contributed by atoms with Crippen LogP contribution in [0.4, 0.5) is 8.78 Å². The van der Waals surface area contributed by atoms with Gasteiger partial charge in [-0.2, -0.15) is 8.78 Å². The van der Waals surface area contributed by atoms with Crippen LogP contribution in [-0.2, 0) is 5.92 Å². The van der Waals surface area contributed by atoms with Crippen molar-refractivity contribution in [2.45, 2.75) is 19.8 Å². The highest BCUT2D eigenvalue weighted by molar-refractivity contribution is 7.17. The van der Waals surface area contributed by atoms with Crippen molar-refractivity contribution in [1.29, 1.82) is 0 Å². The number of piperazine rings is 1. The topological polar surface area (TPSA) is 58.4 Å². The van der Waals surface area contributed by atoms with E-state index in [1.54, 1.807) is 24.0 Å². The van der Waals surface area contributed by atoms with Crippen molar-refractivity contribution in [2.24, 2.45) is 0 Å². The van der Waals surface area contributed by atoms with Crippen molar-refractivity contribution in [1.82, 2.24) is 15.4 Å². The molecule has 3 rings (SSSR count). The second-order valence-electron chi connectivity index (χ2n) is 5.58. The van der Waals surface area contributed by atoms with Gasteiger partial charge in [-0.25, -0.2) is 0 Å². The zero-order valence-corrected chi connectivity index (χ0v) is 13.7. The van der Waals surface area contributed by atoms with Crippen LogP contribution in [-0.4, -0.2) is 42.1 Å². The molecule has 2 aromatic heterocycles. The summed E-state index contributed by atoms with van der Waals surface area (Å²) in [6.45, 7) is 5.22. The van der Waals surface area contributed by atoms with Crippen LogP contribution in [0.25, 0.3) is 10.6 Å². The molecule has 1 aliphatic rings. The minimum absolute atomic E-state index is 0.0371. The van der Waals surface area contributed by atoms with E-state index in [0.29, 0.717) is 34.1 Å². The lowest BCUT2D eigenvalue weighted by Crippen LogP contribution is -2.46. The van der Waals surface area contributed by atoms with E-state index >= 15 is 0 Å². The van der Waals surface area contributed by atoms with E-state index in [0.717, 1.165) is 20.0 Å². The molecule has 1 aliphatic heterocycles. The molecule has 0 aromatic carbocycles. The predicted octanol–water partition coefficient (Wildman–Crippen LogP) is 2.87. The van der Waals surface area contributed by atoms with E-state index in [1.807, 2.05) is 0 Å². The van der Waals surface area contributed by atoms with Gasteiger partial charge in [-0.3, -0.25) is 4.79 Å². The molecule has 2 aromatic rings. The first-order chi connectivity index (χ1) is 10.9. The Balaban J connectivity index is 1.85. The summed E-state index contributed by atoms with van der Waals surface area (Å²) < 4.78 is 31.7. The highest BCUT2D eigenvalue weighted by Gasteiger charge is 2.34. The molecule has 124 valence electrons. The van der Waals surface area contributed by atoms with Gasteiger partial charge in [0.1, 0.15) is 5.69 Å². The van der Waals surface area contributed by atoms with Crippen molar-refractivity contribution < 1.29 is 18.1 Å². The number of carbonyl (C=O) groups excluding carboxylic acids is 1. The largest absolute Gasteiger partial charge is 0.354 e. The summed E-state index contributed by atoms with van der Waals surface area (Å²) in [4.78, 5) is 15.5. The maximum Gasteiger partial charge on any atom is 0.304 e. The summed E-state index contributed by atoms with van der Waals surface area (Å²) in [5.74, 6) is -3.55. The second-order valence-corrected chi connectivity index (χ2v) is 6.66. The number of aromatic nitrogens is 1. The van der Waals surface area contributed by atoms with Gasteiger partial charge in [0, 0.05) is 38.7 Å². The van der Waals surface area contributed by atoms with Gasteiger partial charge in [0.25, 0.3) is 5.91 Å². The van der Waals surface area contributed by atoms with Crippen LogP contribution < -0.4 is 5.32 Å². The number of halogens is 2. The molecule has 1 N–H and O–H groups in total. The lowest BCUT2D eigenvalue weighted by molar-refractivity contribution is -0.0112. The molecule has 0 radical (unpaired) electrons. The SMILES string of the molecule is Cc1c(-c2ccc(C(=O)N3CCNCC3)s2)noc1C(C)(F)F. The van der Waals surface area contributed by atoms with Gasteiger partial charge in [-0.05, 0) is 19.1 Å². The molecule has 1 amide bonds. The second kappa shape index (κ2) is 6.01. The zero-order valence-electron chi connectivity index (χ0n) is 12.9. The van der Waals surface area contributed by atoms with Crippen molar-refractivity contribution >= 4 is 17.2 Å². The minimum Gasteiger partial charge on any atom is -0.354 e. The maximum absolute atomic E-state index is 13.4. The maximum atomic E-state index is 13.4. The summed E-state index contributed by atoms with van der Waals surface area (Å²) in [6, 6.07) is 3.44. The van der Waals surface area contributed by atoms with E-state index < -0.39 is 11.7 Å². The molecule has 0 spiro atoms. The number of hydrogen-bond acceptors (Lipinski definition) is 5. The average molecular weight is 341 g/mol.